The van der Waals surface area contributed by atoms with E-state index in [1.807, 2.05) is 10.8 Å². The summed E-state index contributed by atoms with van der Waals surface area (Å²) in [4.78, 5) is 14.7. The van der Waals surface area contributed by atoms with Crippen LogP contribution in [-0.2, 0) is 16.1 Å². The van der Waals surface area contributed by atoms with Gasteiger partial charge in [-0.15, -0.1) is 0 Å². The fourth-order valence-corrected chi connectivity index (χ4v) is 4.66. The Morgan fingerprint density at radius 2 is 1.49 bits per heavy atom. The molecule has 11 nitrogen and oxygen atoms in total. The molecular weight excluding hydrogens is 532 g/mol. The van der Waals surface area contributed by atoms with E-state index < -0.39 is 43.3 Å². The van der Waals surface area contributed by atoms with Crippen LogP contribution in [0.4, 0.5) is 0 Å². The molecule has 1 aliphatic heterocycles. The quantitative estimate of drug-likeness (QED) is 0.124. The Hall–Kier alpha value is -2.96. The first-order valence-electron chi connectivity index (χ1n) is 14.5. The molecule has 0 amide bonds. The third-order valence-corrected chi connectivity index (χ3v) is 7.05. The van der Waals surface area contributed by atoms with Crippen LogP contribution in [0.5, 0.6) is 11.5 Å². The van der Waals surface area contributed by atoms with E-state index >= 15 is 0 Å². The second-order valence-corrected chi connectivity index (χ2v) is 10.4. The SMILES string of the molecule is O=C(O)/C=C/c1cn(CCCCCCCCCCCCOc2ccc(O[C@H]3O[C@@H](CO)[C@H](O)[C@@H](O)[C@@H]3O)cc2)cn1. The maximum absolute atomic E-state index is 10.6. The van der Waals surface area contributed by atoms with Gasteiger partial charge in [0, 0.05) is 18.8 Å². The van der Waals surface area contributed by atoms with E-state index in [0.717, 1.165) is 31.9 Å². The summed E-state index contributed by atoms with van der Waals surface area (Å²) in [5, 5.41) is 47.8. The molecule has 11 heteroatoms. The van der Waals surface area contributed by atoms with Crippen LogP contribution in [0.15, 0.2) is 42.9 Å². The van der Waals surface area contributed by atoms with Crippen molar-refractivity contribution in [1.29, 1.82) is 0 Å². The largest absolute Gasteiger partial charge is 0.494 e. The van der Waals surface area contributed by atoms with Crippen LogP contribution in [0.2, 0.25) is 0 Å². The van der Waals surface area contributed by atoms with Crippen molar-refractivity contribution in [3.05, 3.63) is 48.6 Å². The minimum absolute atomic E-state index is 0.404. The number of hydrogen-bond acceptors (Lipinski definition) is 9. The van der Waals surface area contributed by atoms with Crippen molar-refractivity contribution in [1.82, 2.24) is 9.55 Å². The fourth-order valence-electron chi connectivity index (χ4n) is 4.66. The number of hydrogen-bond donors (Lipinski definition) is 5. The van der Waals surface area contributed by atoms with Gasteiger partial charge in [-0.2, -0.15) is 0 Å². The van der Waals surface area contributed by atoms with Gasteiger partial charge in [0.2, 0.25) is 6.29 Å². The summed E-state index contributed by atoms with van der Waals surface area (Å²) in [6.45, 7) is 1.02. The van der Waals surface area contributed by atoms with Crippen molar-refractivity contribution in [2.75, 3.05) is 13.2 Å². The molecule has 41 heavy (non-hydrogen) atoms. The molecular formula is C30H44N2O9. The van der Waals surface area contributed by atoms with Crippen LogP contribution in [-0.4, -0.2) is 85.0 Å². The van der Waals surface area contributed by atoms with E-state index in [-0.39, 0.29) is 0 Å². The van der Waals surface area contributed by atoms with E-state index in [4.69, 9.17) is 19.3 Å². The molecule has 1 aromatic heterocycles. The number of unbranched alkanes of at least 4 members (excludes halogenated alkanes) is 9. The number of aliphatic hydroxyl groups is 4. The monoisotopic (exact) mass is 576 g/mol. The zero-order valence-electron chi connectivity index (χ0n) is 23.5. The molecule has 0 saturated carbocycles. The fraction of sp³-hybridized carbons (Fsp3) is 0.600. The van der Waals surface area contributed by atoms with Gasteiger partial charge in [0.05, 0.1) is 25.2 Å². The van der Waals surface area contributed by atoms with Gasteiger partial charge in [-0.05, 0) is 43.2 Å². The lowest BCUT2D eigenvalue weighted by molar-refractivity contribution is -0.277. The molecule has 1 fully saturated rings. The van der Waals surface area contributed by atoms with Crippen molar-refractivity contribution in [2.24, 2.45) is 0 Å². The number of imidazole rings is 1. The third kappa shape index (κ3) is 11.4. The molecule has 0 aliphatic carbocycles. The van der Waals surface area contributed by atoms with Crippen LogP contribution >= 0.6 is 0 Å². The molecule has 0 bridgehead atoms. The van der Waals surface area contributed by atoms with E-state index in [1.165, 1.54) is 51.0 Å². The van der Waals surface area contributed by atoms with Crippen LogP contribution < -0.4 is 9.47 Å². The van der Waals surface area contributed by atoms with Gasteiger partial charge in [-0.3, -0.25) is 0 Å². The summed E-state index contributed by atoms with van der Waals surface area (Å²) in [5.41, 5.74) is 0.663. The highest BCUT2D eigenvalue weighted by molar-refractivity contribution is 5.84. The summed E-state index contributed by atoms with van der Waals surface area (Å²) >= 11 is 0. The van der Waals surface area contributed by atoms with Crippen LogP contribution in [0.3, 0.4) is 0 Å². The van der Waals surface area contributed by atoms with Gasteiger partial charge in [0.25, 0.3) is 0 Å². The number of aryl methyl sites for hydroxylation is 1. The summed E-state index contributed by atoms with van der Waals surface area (Å²) in [5.74, 6) is 0.135. The van der Waals surface area contributed by atoms with Crippen molar-refractivity contribution >= 4 is 12.0 Å². The number of nitrogens with zero attached hydrogens (tertiary/aromatic N) is 2. The molecule has 1 saturated heterocycles. The first kappa shape index (κ1) is 32.6. The molecule has 0 radical (unpaired) electrons. The number of aromatic nitrogens is 2. The maximum Gasteiger partial charge on any atom is 0.328 e. The zero-order chi connectivity index (χ0) is 29.5. The Bertz CT molecular complexity index is 1040. The van der Waals surface area contributed by atoms with Crippen LogP contribution in [0.25, 0.3) is 6.08 Å². The smallest absolute Gasteiger partial charge is 0.328 e. The van der Waals surface area contributed by atoms with Crippen molar-refractivity contribution < 1.29 is 44.5 Å². The van der Waals surface area contributed by atoms with Gasteiger partial charge < -0.3 is 44.3 Å². The van der Waals surface area contributed by atoms with Crippen molar-refractivity contribution in [3.63, 3.8) is 0 Å². The number of carboxylic acid groups (broad SMARTS) is 1. The van der Waals surface area contributed by atoms with Gasteiger partial charge >= 0.3 is 5.97 Å². The third-order valence-electron chi connectivity index (χ3n) is 7.05. The van der Waals surface area contributed by atoms with E-state index in [9.17, 15) is 25.2 Å². The highest BCUT2D eigenvalue weighted by Gasteiger charge is 2.44. The lowest BCUT2D eigenvalue weighted by atomic mass is 9.99. The van der Waals surface area contributed by atoms with Crippen molar-refractivity contribution in [3.8, 4) is 11.5 Å². The lowest BCUT2D eigenvalue weighted by Crippen LogP contribution is -2.60. The molecule has 1 aliphatic rings. The molecule has 5 N–H and O–H groups in total. The molecule has 0 unspecified atom stereocenters. The minimum atomic E-state index is -1.48. The number of benzene rings is 1. The van der Waals surface area contributed by atoms with Crippen molar-refractivity contribution in [2.45, 2.75) is 101 Å². The van der Waals surface area contributed by atoms with E-state index in [2.05, 4.69) is 4.98 Å². The predicted molar refractivity (Wildman–Crippen MR) is 151 cm³/mol. The maximum atomic E-state index is 10.6. The van der Waals surface area contributed by atoms with Crippen LogP contribution in [0.1, 0.15) is 69.9 Å². The molecule has 3 rings (SSSR count). The summed E-state index contributed by atoms with van der Waals surface area (Å²) in [7, 11) is 0. The minimum Gasteiger partial charge on any atom is -0.494 e. The van der Waals surface area contributed by atoms with E-state index in [1.54, 1.807) is 30.6 Å². The Labute approximate surface area is 241 Å². The normalized spacial score (nSPS) is 22.7. The predicted octanol–water partition coefficient (Wildman–Crippen LogP) is 3.14. The zero-order valence-corrected chi connectivity index (χ0v) is 23.5. The van der Waals surface area contributed by atoms with Gasteiger partial charge in [0.15, 0.2) is 0 Å². The molecule has 228 valence electrons. The van der Waals surface area contributed by atoms with Gasteiger partial charge in [-0.25, -0.2) is 9.78 Å². The second kappa shape index (κ2) is 17.8. The Morgan fingerprint density at radius 3 is 2.12 bits per heavy atom. The molecule has 0 spiro atoms. The Morgan fingerprint density at radius 1 is 0.878 bits per heavy atom. The number of carboxylic acids is 1. The lowest BCUT2D eigenvalue weighted by Gasteiger charge is -2.39. The summed E-state index contributed by atoms with van der Waals surface area (Å²) in [6, 6.07) is 6.86. The average molecular weight is 577 g/mol. The molecule has 2 heterocycles. The number of aliphatic carboxylic acids is 1. The number of rotatable bonds is 19. The highest BCUT2D eigenvalue weighted by Crippen LogP contribution is 2.25. The highest BCUT2D eigenvalue weighted by atomic mass is 16.7. The number of ether oxygens (including phenoxy) is 3. The Balaban J connectivity index is 1.15. The number of aliphatic hydroxyl groups excluding tert-OH is 4. The average Bonchev–Trinajstić information content (AvgIpc) is 3.43. The standard InChI is InChI=1S/C30H44N2O9/c33-20-25-27(36)28(37)29(38)30(41-25)40-24-14-12-23(13-15-24)39-18-10-8-6-4-2-1-3-5-7-9-17-32-19-22(31-21-32)11-16-26(34)35/h11-16,19,21,25,27-30,33,36-38H,1-10,17-18,20H2,(H,34,35)/b16-11+/t25-,27-,28+,29-,30-/m0/s1. The number of carbonyl (C=O) groups is 1. The van der Waals surface area contributed by atoms with Crippen LogP contribution in [0, 0.1) is 0 Å². The Kier molecular flexibility index (Phi) is 14.1. The summed E-state index contributed by atoms with van der Waals surface area (Å²) in [6.07, 6.45) is 11.4. The first-order chi connectivity index (χ1) is 19.9. The van der Waals surface area contributed by atoms with Gasteiger partial charge in [-0.1, -0.05) is 51.4 Å². The molecule has 5 atom stereocenters. The first-order valence-corrected chi connectivity index (χ1v) is 14.5. The van der Waals surface area contributed by atoms with E-state index in [0.29, 0.717) is 23.8 Å². The molecule has 1 aromatic carbocycles. The second-order valence-electron chi connectivity index (χ2n) is 10.4. The summed E-state index contributed by atoms with van der Waals surface area (Å²) < 4.78 is 18.8. The molecule has 2 aromatic rings. The topological polar surface area (TPSA) is 164 Å². The van der Waals surface area contributed by atoms with Gasteiger partial charge in [0.1, 0.15) is 35.9 Å².